The summed E-state index contributed by atoms with van der Waals surface area (Å²) >= 11 is 2.89. The van der Waals surface area contributed by atoms with E-state index in [4.69, 9.17) is 0 Å². The van der Waals surface area contributed by atoms with Gasteiger partial charge < -0.3 is 0 Å². The number of halogens is 1. The molecule has 5 heteroatoms. The van der Waals surface area contributed by atoms with Gasteiger partial charge in [-0.1, -0.05) is 15.9 Å². The maximum Gasteiger partial charge on any atom is 0.210 e. The van der Waals surface area contributed by atoms with Crippen LogP contribution < -0.4 is 0 Å². The Morgan fingerprint density at radius 1 is 1.67 bits per heavy atom. The first-order valence-electron chi connectivity index (χ1n) is 2.36. The van der Waals surface area contributed by atoms with E-state index in [9.17, 15) is 14.9 Å². The molecule has 0 amide bonds. The molecule has 0 bridgehead atoms. The van der Waals surface area contributed by atoms with E-state index < -0.39 is 4.92 Å². The molecule has 0 saturated heterocycles. The fraction of sp³-hybridized carbons (Fsp3) is 0.750. The quantitative estimate of drug-likeness (QED) is 0.376. The topological polar surface area (TPSA) is 60.2 Å². The molecule has 0 radical (unpaired) electrons. The Kier molecular flexibility index (Phi) is 4.21. The fourth-order valence-corrected chi connectivity index (χ4v) is 0.563. The van der Waals surface area contributed by atoms with Crippen molar-refractivity contribution >= 4 is 21.7 Å². The first-order chi connectivity index (χ1) is 4.16. The minimum atomic E-state index is -0.499. The van der Waals surface area contributed by atoms with Crippen LogP contribution >= 0.6 is 15.9 Å². The highest BCUT2D eigenvalue weighted by atomic mass is 79.9. The lowest BCUT2D eigenvalue weighted by atomic mass is 10.3. The summed E-state index contributed by atoms with van der Waals surface area (Å²) in [5, 5.41) is 9.87. The van der Waals surface area contributed by atoms with Crippen molar-refractivity contribution in [3.05, 3.63) is 10.1 Å². The van der Waals surface area contributed by atoms with Gasteiger partial charge in [-0.15, -0.1) is 0 Å². The summed E-state index contributed by atoms with van der Waals surface area (Å²) in [6, 6.07) is 0. The number of alkyl halides is 1. The Morgan fingerprint density at radius 2 is 2.22 bits per heavy atom. The van der Waals surface area contributed by atoms with E-state index in [2.05, 4.69) is 15.9 Å². The normalized spacial score (nSPS) is 9.00. The lowest BCUT2D eigenvalue weighted by Crippen LogP contribution is -2.08. The van der Waals surface area contributed by atoms with E-state index >= 15 is 0 Å². The van der Waals surface area contributed by atoms with Crippen molar-refractivity contribution in [2.75, 3.05) is 11.9 Å². The van der Waals surface area contributed by atoms with Gasteiger partial charge in [-0.05, 0) is 0 Å². The van der Waals surface area contributed by atoms with E-state index in [0.29, 0.717) is 0 Å². The van der Waals surface area contributed by atoms with E-state index in [0.717, 1.165) is 0 Å². The molecule has 0 saturated carbocycles. The van der Waals surface area contributed by atoms with Crippen LogP contribution in [0.3, 0.4) is 0 Å². The van der Waals surface area contributed by atoms with Crippen molar-refractivity contribution < 1.29 is 9.72 Å². The molecule has 0 N–H and O–H groups in total. The van der Waals surface area contributed by atoms with Gasteiger partial charge in [0.1, 0.15) is 5.78 Å². The molecule has 0 aromatic rings. The number of nitrogens with zero attached hydrogens (tertiary/aromatic N) is 1. The molecule has 0 aliphatic heterocycles. The van der Waals surface area contributed by atoms with Gasteiger partial charge in [-0.3, -0.25) is 14.9 Å². The summed E-state index contributed by atoms with van der Waals surface area (Å²) in [5.41, 5.74) is 0. The van der Waals surface area contributed by atoms with Crippen molar-refractivity contribution in [2.24, 2.45) is 0 Å². The summed E-state index contributed by atoms with van der Waals surface area (Å²) in [6.45, 7) is -0.259. The Hall–Kier alpha value is -0.450. The van der Waals surface area contributed by atoms with Crippen LogP contribution in [0.4, 0.5) is 0 Å². The maximum absolute atomic E-state index is 10.4. The van der Waals surface area contributed by atoms with Gasteiger partial charge >= 0.3 is 0 Å². The Labute approximate surface area is 60.5 Å². The van der Waals surface area contributed by atoms with Gasteiger partial charge in [-0.2, -0.15) is 0 Å². The maximum atomic E-state index is 10.4. The molecule has 4 nitrogen and oxygen atoms in total. The minimum absolute atomic E-state index is 0.0260. The molecule has 52 valence electrons. The second kappa shape index (κ2) is 4.43. The first-order valence-corrected chi connectivity index (χ1v) is 3.48. The van der Waals surface area contributed by atoms with Crippen molar-refractivity contribution in [2.45, 2.75) is 6.42 Å². The second-order valence-corrected chi connectivity index (χ2v) is 2.04. The predicted molar refractivity (Wildman–Crippen MR) is 35.3 cm³/mol. The van der Waals surface area contributed by atoms with Crippen LogP contribution in [0.25, 0.3) is 0 Å². The predicted octanol–water partition coefficient (Wildman–Crippen LogP) is 0.617. The van der Waals surface area contributed by atoms with Crippen LogP contribution in [-0.2, 0) is 4.79 Å². The summed E-state index contributed by atoms with van der Waals surface area (Å²) in [6.07, 6.45) is 0.0260. The van der Waals surface area contributed by atoms with Gasteiger partial charge in [0.05, 0.1) is 11.8 Å². The first kappa shape index (κ1) is 8.55. The zero-order chi connectivity index (χ0) is 7.28. The van der Waals surface area contributed by atoms with E-state index in [-0.39, 0.29) is 24.1 Å². The van der Waals surface area contributed by atoms with Crippen LogP contribution in [0, 0.1) is 10.1 Å². The third-order valence-corrected chi connectivity index (χ3v) is 1.35. The number of ketones is 1. The van der Waals surface area contributed by atoms with Crippen molar-refractivity contribution in [1.82, 2.24) is 0 Å². The molecule has 0 rings (SSSR count). The standard InChI is InChI=1S/C4H6BrNO3/c5-3-4(7)1-2-6(8)9/h1-3H2. The lowest BCUT2D eigenvalue weighted by molar-refractivity contribution is -0.478. The molecule has 0 spiro atoms. The number of hydrogen-bond acceptors (Lipinski definition) is 3. The Bertz CT molecular complexity index is 125. The van der Waals surface area contributed by atoms with Crippen LogP contribution in [0.1, 0.15) is 6.42 Å². The SMILES string of the molecule is O=C(CBr)CC[N+](=O)[O-]. The smallest absolute Gasteiger partial charge is 0.210 e. The number of rotatable bonds is 4. The van der Waals surface area contributed by atoms with Gasteiger partial charge in [0.15, 0.2) is 0 Å². The highest BCUT2D eigenvalue weighted by Crippen LogP contribution is 1.88. The molecule has 0 aliphatic carbocycles. The molecule has 0 atom stereocenters. The second-order valence-electron chi connectivity index (χ2n) is 1.48. The summed E-state index contributed by atoms with van der Waals surface area (Å²) < 4.78 is 0. The van der Waals surface area contributed by atoms with Crippen LogP contribution in [0.15, 0.2) is 0 Å². The number of carbonyl (C=O) groups excluding carboxylic acids is 1. The zero-order valence-electron chi connectivity index (χ0n) is 4.67. The minimum Gasteiger partial charge on any atom is -0.298 e. The van der Waals surface area contributed by atoms with E-state index in [1.54, 1.807) is 0 Å². The average Bonchev–Trinajstić information content (AvgIpc) is 1.83. The molecule has 0 fully saturated rings. The third-order valence-electron chi connectivity index (χ3n) is 0.722. The summed E-state index contributed by atoms with van der Waals surface area (Å²) in [5.74, 6) is -0.133. The number of Topliss-reactive ketones (excluding diaryl/α,β-unsaturated/α-hetero) is 1. The number of hydrogen-bond donors (Lipinski definition) is 0. The highest BCUT2D eigenvalue weighted by Gasteiger charge is 2.03. The van der Waals surface area contributed by atoms with Crippen molar-refractivity contribution in [1.29, 1.82) is 0 Å². The van der Waals surface area contributed by atoms with Gasteiger partial charge in [-0.25, -0.2) is 0 Å². The van der Waals surface area contributed by atoms with Crippen molar-refractivity contribution in [3.8, 4) is 0 Å². The largest absolute Gasteiger partial charge is 0.298 e. The molecular formula is C4H6BrNO3. The molecule has 0 unspecified atom stereocenters. The molecule has 0 aromatic heterocycles. The fourth-order valence-electron chi connectivity index (χ4n) is 0.283. The average molecular weight is 196 g/mol. The molecule has 0 aliphatic rings. The molecule has 0 heterocycles. The van der Waals surface area contributed by atoms with Crippen LogP contribution in [-0.4, -0.2) is 22.6 Å². The Morgan fingerprint density at radius 3 is 2.56 bits per heavy atom. The monoisotopic (exact) mass is 195 g/mol. The summed E-state index contributed by atoms with van der Waals surface area (Å²) in [7, 11) is 0. The number of carbonyl (C=O) groups is 1. The van der Waals surface area contributed by atoms with Gasteiger partial charge in [0, 0.05) is 4.92 Å². The van der Waals surface area contributed by atoms with E-state index in [1.165, 1.54) is 0 Å². The zero-order valence-corrected chi connectivity index (χ0v) is 6.26. The molecule has 0 aromatic carbocycles. The number of nitro groups is 1. The highest BCUT2D eigenvalue weighted by molar-refractivity contribution is 9.09. The lowest BCUT2D eigenvalue weighted by Gasteiger charge is -1.88. The Balaban J connectivity index is 3.28. The third kappa shape index (κ3) is 5.42. The van der Waals surface area contributed by atoms with Crippen molar-refractivity contribution in [3.63, 3.8) is 0 Å². The summed E-state index contributed by atoms with van der Waals surface area (Å²) in [4.78, 5) is 19.5. The molecular weight excluding hydrogens is 190 g/mol. The van der Waals surface area contributed by atoms with E-state index in [1.807, 2.05) is 0 Å². The van der Waals surface area contributed by atoms with Crippen LogP contribution in [0.2, 0.25) is 0 Å². The van der Waals surface area contributed by atoms with Gasteiger partial charge in [0.2, 0.25) is 6.54 Å². The molecule has 9 heavy (non-hydrogen) atoms. The van der Waals surface area contributed by atoms with Gasteiger partial charge in [0.25, 0.3) is 0 Å². The van der Waals surface area contributed by atoms with Crippen LogP contribution in [0.5, 0.6) is 0 Å².